The molecule has 0 N–H and O–H groups in total. The van der Waals surface area contributed by atoms with Crippen molar-refractivity contribution in [1.82, 2.24) is 0 Å². The molecule has 1 unspecified atom stereocenters. The van der Waals surface area contributed by atoms with Gasteiger partial charge in [-0.3, -0.25) is 6.08 Å². The number of hydrogen-bond acceptors (Lipinski definition) is 0. The molecular formula is C51H44Cl2F6Zr. The maximum absolute atomic E-state index is 12.7. The van der Waals surface area contributed by atoms with Gasteiger partial charge >= 0.3 is 137 Å². The van der Waals surface area contributed by atoms with Crippen molar-refractivity contribution in [2.75, 3.05) is 0 Å². The van der Waals surface area contributed by atoms with E-state index in [1.165, 1.54) is 80.8 Å². The van der Waals surface area contributed by atoms with Crippen LogP contribution in [0.1, 0.15) is 67.5 Å². The number of allylic oxidation sites excluding steroid dienone is 4. The molecule has 0 aliphatic heterocycles. The first-order chi connectivity index (χ1) is 27.5. The third kappa shape index (κ3) is 12.2. The Labute approximate surface area is 376 Å². The van der Waals surface area contributed by atoms with Gasteiger partial charge in [-0.1, -0.05) is 141 Å². The summed E-state index contributed by atoms with van der Waals surface area (Å²) in [7, 11) is 0. The first-order valence-corrected chi connectivity index (χ1v) is 20.3. The Morgan fingerprint density at radius 3 is 1.63 bits per heavy atom. The summed E-state index contributed by atoms with van der Waals surface area (Å²) in [5.41, 5.74) is 11.0. The van der Waals surface area contributed by atoms with E-state index in [-0.39, 0.29) is 35.9 Å². The standard InChI is InChI=1S/C25H17.C15H8F6.C11H17.2ClH.Zr/c1-3-7-18(8-4-1)20-11-13-24-22(15-20)17-23-16-21(12-14-25(23)24)19-9-5-2-6-10-19;16-14(17,18)12-5-1-3-10(8-12)7-11-4-2-6-13(9-11)15(19,20)21;1-5-9-6-7-10(8-9)11(2,3)4;;;/h1-15H,17H2;1-6,8-9H;7-9H,5H2,1-4H3;2*1H;/q-1;;-1;;;+2. The molecule has 1 atom stereocenters. The normalized spacial score (nSPS) is 13.9. The van der Waals surface area contributed by atoms with Gasteiger partial charge in [0.15, 0.2) is 0 Å². The number of hydrogen-bond donors (Lipinski definition) is 0. The predicted octanol–water partition coefficient (Wildman–Crippen LogP) is 15.4. The van der Waals surface area contributed by atoms with E-state index in [9.17, 15) is 26.3 Å². The average Bonchev–Trinajstić information content (AvgIpc) is 3.86. The fraction of sp³-hybridized carbons (Fsp3) is 0.196. The Morgan fingerprint density at radius 2 is 1.15 bits per heavy atom. The van der Waals surface area contributed by atoms with E-state index in [1.807, 2.05) is 0 Å². The quantitative estimate of drug-likeness (QED) is 0.119. The minimum atomic E-state index is -4.49. The predicted molar refractivity (Wildman–Crippen MR) is 234 cm³/mol. The van der Waals surface area contributed by atoms with E-state index in [1.54, 1.807) is 0 Å². The molecule has 0 spiro atoms. The molecule has 0 saturated carbocycles. The minimum Gasteiger partial charge on any atom is -0.143 e. The van der Waals surface area contributed by atoms with Crippen molar-refractivity contribution in [3.8, 4) is 33.4 Å². The van der Waals surface area contributed by atoms with Crippen LogP contribution in [0.5, 0.6) is 0 Å². The smallest absolute Gasteiger partial charge is 0.0181 e. The van der Waals surface area contributed by atoms with Crippen LogP contribution in [0, 0.1) is 23.5 Å². The van der Waals surface area contributed by atoms with E-state index in [2.05, 4.69) is 143 Å². The summed E-state index contributed by atoms with van der Waals surface area (Å²) in [6.45, 7) is 8.94. The average molecular weight is 933 g/mol. The molecule has 0 fully saturated rings. The van der Waals surface area contributed by atoms with Crippen molar-refractivity contribution < 1.29 is 50.6 Å². The molecule has 0 amide bonds. The van der Waals surface area contributed by atoms with E-state index in [4.69, 9.17) is 0 Å². The molecule has 60 heavy (non-hydrogen) atoms. The maximum Gasteiger partial charge on any atom is -0.0181 e. The van der Waals surface area contributed by atoms with Gasteiger partial charge in [0.25, 0.3) is 0 Å². The molecule has 8 rings (SSSR count). The van der Waals surface area contributed by atoms with E-state index >= 15 is 0 Å². The zero-order valence-corrected chi connectivity index (χ0v) is 37.6. The molecule has 6 aromatic carbocycles. The van der Waals surface area contributed by atoms with E-state index in [0.29, 0.717) is 14.5 Å². The Hall–Kier alpha value is -4.29. The van der Waals surface area contributed by atoms with Gasteiger partial charge in [0.05, 0.1) is 0 Å². The third-order valence-corrected chi connectivity index (χ3v) is 11.5. The number of benzene rings is 6. The van der Waals surface area contributed by atoms with Crippen LogP contribution in [0.2, 0.25) is 0 Å². The van der Waals surface area contributed by atoms with Gasteiger partial charge in [0.2, 0.25) is 0 Å². The zero-order valence-electron chi connectivity index (χ0n) is 33.5. The molecular weight excluding hydrogens is 889 g/mol. The van der Waals surface area contributed by atoms with Gasteiger partial charge in [0.1, 0.15) is 0 Å². The summed E-state index contributed by atoms with van der Waals surface area (Å²) in [6.07, 6.45) is 0.995. The van der Waals surface area contributed by atoms with Crippen LogP contribution >= 0.6 is 24.8 Å². The summed E-state index contributed by atoms with van der Waals surface area (Å²) in [5, 5.41) is 0. The van der Waals surface area contributed by atoms with Crippen LogP contribution < -0.4 is 0 Å². The summed E-state index contributed by atoms with van der Waals surface area (Å²) in [6, 6.07) is 45.2. The van der Waals surface area contributed by atoms with Crippen molar-refractivity contribution in [2.45, 2.75) is 52.9 Å². The molecule has 6 aromatic rings. The van der Waals surface area contributed by atoms with Crippen LogP contribution in [-0.2, 0) is 43.0 Å². The summed E-state index contributed by atoms with van der Waals surface area (Å²) >= 11 is 0.729. The first-order valence-electron chi connectivity index (χ1n) is 19.1. The second kappa shape index (κ2) is 20.5. The minimum absolute atomic E-state index is 0. The fourth-order valence-electron chi connectivity index (χ4n) is 6.80. The summed E-state index contributed by atoms with van der Waals surface area (Å²) in [5.74, 6) is 0.573. The molecule has 2 aliphatic carbocycles. The van der Waals surface area contributed by atoms with Crippen LogP contribution in [-0.4, -0.2) is 3.21 Å². The Kier molecular flexibility index (Phi) is 16.5. The zero-order chi connectivity index (χ0) is 41.7. The molecule has 9 heteroatoms. The number of rotatable bonds is 5. The number of fused-ring (bicyclic) bond motifs is 3. The van der Waals surface area contributed by atoms with Gasteiger partial charge in [-0.15, -0.1) is 54.1 Å². The van der Waals surface area contributed by atoms with Gasteiger partial charge in [-0.25, -0.2) is 6.08 Å². The van der Waals surface area contributed by atoms with Gasteiger partial charge in [-0.2, -0.15) is 11.6 Å². The van der Waals surface area contributed by atoms with Crippen LogP contribution in [0.4, 0.5) is 26.3 Å². The van der Waals surface area contributed by atoms with E-state index < -0.39 is 23.5 Å². The van der Waals surface area contributed by atoms with Crippen molar-refractivity contribution in [2.24, 2.45) is 11.3 Å². The second-order valence-corrected chi connectivity index (χ2v) is 16.5. The number of halogens is 8. The van der Waals surface area contributed by atoms with Crippen LogP contribution in [0.25, 0.3) is 33.4 Å². The Morgan fingerprint density at radius 1 is 0.617 bits per heavy atom. The topological polar surface area (TPSA) is 0 Å². The molecule has 0 radical (unpaired) electrons. The third-order valence-electron chi connectivity index (χ3n) is 10.1. The van der Waals surface area contributed by atoms with Crippen molar-refractivity contribution in [1.29, 1.82) is 0 Å². The molecule has 0 saturated heterocycles. The van der Waals surface area contributed by atoms with Crippen molar-refractivity contribution in [3.63, 3.8) is 0 Å². The summed E-state index contributed by atoms with van der Waals surface area (Å²) in [4.78, 5) is 0. The Balaban J connectivity index is 0.000000209. The first kappa shape index (κ1) is 48.4. The molecule has 308 valence electrons. The Bertz CT molecular complexity index is 2300. The van der Waals surface area contributed by atoms with Gasteiger partial charge in [-0.05, 0) is 23.1 Å². The molecule has 0 heterocycles. The largest absolute Gasteiger partial charge is 0.143 e. The fourth-order valence-corrected chi connectivity index (χ4v) is 7.57. The molecule has 0 aromatic heterocycles. The molecule has 2 aliphatic rings. The maximum atomic E-state index is 12.7. The molecule has 0 bridgehead atoms. The van der Waals surface area contributed by atoms with Crippen LogP contribution in [0.15, 0.2) is 157 Å². The van der Waals surface area contributed by atoms with Crippen LogP contribution in [0.3, 0.4) is 0 Å². The number of alkyl halides is 6. The van der Waals surface area contributed by atoms with Gasteiger partial charge < -0.3 is 0 Å². The van der Waals surface area contributed by atoms with Crippen molar-refractivity contribution >= 4 is 28.0 Å². The van der Waals surface area contributed by atoms with Gasteiger partial charge in [0, 0.05) is 0 Å². The SMILES string of the molecule is CCC1[C-]=CC(C(C)(C)C)=C1.Cl.Cl.FC(F)(F)c1cccc([C](=[Zr+2])c2cccc(C(F)(F)F)c2)c1.[c-]1c(-c2ccccc2)ccc2c1Cc1cc(-c3ccccc3)ccc1-2. The monoisotopic (exact) mass is 930 g/mol. The van der Waals surface area contributed by atoms with E-state index in [0.717, 1.165) is 54.9 Å². The van der Waals surface area contributed by atoms with Crippen molar-refractivity contribution in [3.05, 3.63) is 203 Å². The second-order valence-electron chi connectivity index (χ2n) is 15.3. The summed E-state index contributed by atoms with van der Waals surface area (Å²) < 4.78 is 76.7. The molecule has 0 nitrogen and oxygen atoms in total.